The van der Waals surface area contributed by atoms with Gasteiger partial charge in [0.2, 0.25) is 0 Å². The molecule has 0 radical (unpaired) electrons. The number of nitrogens with zero attached hydrogens (tertiary/aromatic N) is 1. The van der Waals surface area contributed by atoms with Crippen molar-refractivity contribution in [1.82, 2.24) is 0 Å². The molecule has 0 fully saturated rings. The Kier molecular flexibility index (Phi) is 4.27. The SMILES string of the molecule is CC(O)CC(C)Nc1cccc(F)c1C#N. The predicted molar refractivity (Wildman–Crippen MR) is 60.5 cm³/mol. The zero-order valence-electron chi connectivity index (χ0n) is 9.37. The average molecular weight is 222 g/mol. The molecule has 0 aromatic heterocycles. The quantitative estimate of drug-likeness (QED) is 0.821. The summed E-state index contributed by atoms with van der Waals surface area (Å²) in [6, 6.07) is 6.26. The number of nitrogens with one attached hydrogen (secondary N) is 1. The zero-order chi connectivity index (χ0) is 12.1. The summed E-state index contributed by atoms with van der Waals surface area (Å²) in [5.74, 6) is -0.531. The van der Waals surface area contributed by atoms with Gasteiger partial charge in [0.25, 0.3) is 0 Å². The van der Waals surface area contributed by atoms with Gasteiger partial charge in [-0.15, -0.1) is 0 Å². The Labute approximate surface area is 94.5 Å². The number of aliphatic hydroxyl groups is 1. The van der Waals surface area contributed by atoms with E-state index >= 15 is 0 Å². The first-order valence-electron chi connectivity index (χ1n) is 5.17. The van der Waals surface area contributed by atoms with Crippen LogP contribution in [0.1, 0.15) is 25.8 Å². The van der Waals surface area contributed by atoms with E-state index in [4.69, 9.17) is 5.26 Å². The molecule has 1 aromatic carbocycles. The molecule has 1 aromatic rings. The Hall–Kier alpha value is -1.60. The third kappa shape index (κ3) is 3.21. The molecule has 1 rings (SSSR count). The van der Waals surface area contributed by atoms with E-state index in [0.29, 0.717) is 12.1 Å². The third-order valence-electron chi connectivity index (χ3n) is 2.22. The number of halogens is 1. The lowest BCUT2D eigenvalue weighted by molar-refractivity contribution is 0.179. The highest BCUT2D eigenvalue weighted by atomic mass is 19.1. The molecule has 0 bridgehead atoms. The zero-order valence-corrected chi connectivity index (χ0v) is 9.37. The number of rotatable bonds is 4. The number of hydrogen-bond donors (Lipinski definition) is 2. The minimum atomic E-state index is -0.531. The summed E-state index contributed by atoms with van der Waals surface area (Å²) in [5, 5.41) is 21.0. The van der Waals surface area contributed by atoms with Crippen LogP contribution >= 0.6 is 0 Å². The summed E-state index contributed by atoms with van der Waals surface area (Å²) < 4.78 is 13.3. The highest BCUT2D eigenvalue weighted by molar-refractivity contribution is 5.58. The van der Waals surface area contributed by atoms with Crippen molar-refractivity contribution in [3.05, 3.63) is 29.6 Å². The van der Waals surface area contributed by atoms with Crippen LogP contribution in [0.4, 0.5) is 10.1 Å². The molecule has 0 amide bonds. The molecule has 0 saturated carbocycles. The monoisotopic (exact) mass is 222 g/mol. The molecule has 3 nitrogen and oxygen atoms in total. The van der Waals surface area contributed by atoms with E-state index in [-0.39, 0.29) is 11.6 Å². The largest absolute Gasteiger partial charge is 0.393 e. The Morgan fingerprint density at radius 3 is 2.75 bits per heavy atom. The molecule has 0 heterocycles. The molecule has 0 aliphatic rings. The number of anilines is 1. The fourth-order valence-electron chi connectivity index (χ4n) is 1.59. The van der Waals surface area contributed by atoms with Crippen molar-refractivity contribution in [3.63, 3.8) is 0 Å². The van der Waals surface area contributed by atoms with Gasteiger partial charge >= 0.3 is 0 Å². The number of benzene rings is 1. The summed E-state index contributed by atoms with van der Waals surface area (Å²) in [5.41, 5.74) is 0.482. The van der Waals surface area contributed by atoms with E-state index < -0.39 is 11.9 Å². The van der Waals surface area contributed by atoms with Gasteiger partial charge in [0.05, 0.1) is 11.8 Å². The summed E-state index contributed by atoms with van der Waals surface area (Å²) in [6.07, 6.45) is 0.114. The van der Waals surface area contributed by atoms with Crippen molar-refractivity contribution in [2.75, 3.05) is 5.32 Å². The summed E-state index contributed by atoms with van der Waals surface area (Å²) in [6.45, 7) is 3.56. The second-order valence-electron chi connectivity index (χ2n) is 3.90. The smallest absolute Gasteiger partial charge is 0.143 e. The lowest BCUT2D eigenvalue weighted by Crippen LogP contribution is -2.21. The maximum Gasteiger partial charge on any atom is 0.143 e. The first kappa shape index (κ1) is 12.5. The Morgan fingerprint density at radius 1 is 1.50 bits per heavy atom. The van der Waals surface area contributed by atoms with E-state index in [9.17, 15) is 9.50 Å². The van der Waals surface area contributed by atoms with Crippen LogP contribution in [0.3, 0.4) is 0 Å². The molecule has 0 aliphatic carbocycles. The molecule has 2 N–H and O–H groups in total. The van der Waals surface area contributed by atoms with Crippen molar-refractivity contribution < 1.29 is 9.50 Å². The van der Waals surface area contributed by atoms with E-state index in [1.165, 1.54) is 6.07 Å². The molecule has 86 valence electrons. The van der Waals surface area contributed by atoms with Crippen molar-refractivity contribution >= 4 is 5.69 Å². The maximum absolute atomic E-state index is 13.3. The fraction of sp³-hybridized carbons (Fsp3) is 0.417. The van der Waals surface area contributed by atoms with Crippen LogP contribution in [0.2, 0.25) is 0 Å². The summed E-state index contributed by atoms with van der Waals surface area (Å²) in [4.78, 5) is 0. The van der Waals surface area contributed by atoms with Gasteiger partial charge in [-0.05, 0) is 32.4 Å². The fourth-order valence-corrected chi connectivity index (χ4v) is 1.59. The molecular formula is C12H15FN2O. The second-order valence-corrected chi connectivity index (χ2v) is 3.90. The first-order valence-corrected chi connectivity index (χ1v) is 5.17. The van der Waals surface area contributed by atoms with Gasteiger partial charge in [-0.1, -0.05) is 6.07 Å². The Morgan fingerprint density at radius 2 is 2.19 bits per heavy atom. The molecule has 4 heteroatoms. The van der Waals surface area contributed by atoms with E-state index in [1.54, 1.807) is 19.1 Å². The second kappa shape index (κ2) is 5.47. The maximum atomic E-state index is 13.3. The van der Waals surface area contributed by atoms with Crippen LogP contribution in [0.15, 0.2) is 18.2 Å². The summed E-state index contributed by atoms with van der Waals surface area (Å²) >= 11 is 0. The van der Waals surface area contributed by atoms with Crippen molar-refractivity contribution in [1.29, 1.82) is 5.26 Å². The van der Waals surface area contributed by atoms with Gasteiger partial charge in [-0.3, -0.25) is 0 Å². The van der Waals surface area contributed by atoms with Gasteiger partial charge in [0.15, 0.2) is 0 Å². The lowest BCUT2D eigenvalue weighted by Gasteiger charge is -2.17. The average Bonchev–Trinajstić information content (AvgIpc) is 2.16. The summed E-state index contributed by atoms with van der Waals surface area (Å²) in [7, 11) is 0. The van der Waals surface area contributed by atoms with Crippen LogP contribution < -0.4 is 5.32 Å². The molecule has 16 heavy (non-hydrogen) atoms. The number of aliphatic hydroxyl groups excluding tert-OH is 1. The van der Waals surface area contributed by atoms with Gasteiger partial charge in [-0.2, -0.15) is 5.26 Å². The highest BCUT2D eigenvalue weighted by Crippen LogP contribution is 2.19. The van der Waals surface area contributed by atoms with Crippen LogP contribution in [0.5, 0.6) is 0 Å². The van der Waals surface area contributed by atoms with E-state index in [2.05, 4.69) is 5.32 Å². The Balaban J connectivity index is 2.82. The van der Waals surface area contributed by atoms with Crippen molar-refractivity contribution in [3.8, 4) is 6.07 Å². The first-order chi connectivity index (χ1) is 7.54. The minimum Gasteiger partial charge on any atom is -0.393 e. The van der Waals surface area contributed by atoms with Crippen LogP contribution in [0, 0.1) is 17.1 Å². The van der Waals surface area contributed by atoms with Crippen LogP contribution in [-0.2, 0) is 0 Å². The predicted octanol–water partition coefficient (Wildman–Crippen LogP) is 2.27. The Bertz CT molecular complexity index is 398. The van der Waals surface area contributed by atoms with Gasteiger partial charge < -0.3 is 10.4 Å². The van der Waals surface area contributed by atoms with E-state index in [1.807, 2.05) is 13.0 Å². The molecule has 0 saturated heterocycles. The topological polar surface area (TPSA) is 56.0 Å². The van der Waals surface area contributed by atoms with E-state index in [0.717, 1.165) is 0 Å². The van der Waals surface area contributed by atoms with Crippen LogP contribution in [0.25, 0.3) is 0 Å². The van der Waals surface area contributed by atoms with Gasteiger partial charge in [-0.25, -0.2) is 4.39 Å². The standard InChI is InChI=1S/C12H15FN2O/c1-8(6-9(2)16)15-12-5-3-4-11(13)10(12)7-14/h3-5,8-9,15-16H,6H2,1-2H3. The number of hydrogen-bond acceptors (Lipinski definition) is 3. The van der Waals surface area contributed by atoms with Crippen molar-refractivity contribution in [2.24, 2.45) is 0 Å². The molecular weight excluding hydrogens is 207 g/mol. The number of nitriles is 1. The van der Waals surface area contributed by atoms with Gasteiger partial charge in [0.1, 0.15) is 17.4 Å². The lowest BCUT2D eigenvalue weighted by atomic mass is 10.1. The van der Waals surface area contributed by atoms with Gasteiger partial charge in [0, 0.05) is 6.04 Å². The minimum absolute atomic E-state index is 0.0138. The highest BCUT2D eigenvalue weighted by Gasteiger charge is 2.11. The van der Waals surface area contributed by atoms with Crippen molar-refractivity contribution in [2.45, 2.75) is 32.4 Å². The normalized spacial score (nSPS) is 13.9. The third-order valence-corrected chi connectivity index (χ3v) is 2.22. The molecule has 2 atom stereocenters. The molecule has 0 spiro atoms. The molecule has 0 aliphatic heterocycles. The van der Waals surface area contributed by atoms with Crippen LogP contribution in [-0.4, -0.2) is 17.3 Å². The molecule has 2 unspecified atom stereocenters.